The van der Waals surface area contributed by atoms with Gasteiger partial charge in [0.15, 0.2) is 0 Å². The SMILES string of the molecule is CCNC(c1ccc(C)c(OC)c1)C1CCC1. The maximum atomic E-state index is 5.42. The molecule has 0 amide bonds. The summed E-state index contributed by atoms with van der Waals surface area (Å²) in [4.78, 5) is 0. The van der Waals surface area contributed by atoms with Crippen LogP contribution in [0, 0.1) is 12.8 Å². The van der Waals surface area contributed by atoms with Crippen LogP contribution in [0.25, 0.3) is 0 Å². The smallest absolute Gasteiger partial charge is 0.122 e. The van der Waals surface area contributed by atoms with Gasteiger partial charge in [-0.2, -0.15) is 0 Å². The Bertz CT molecular complexity index is 371. The van der Waals surface area contributed by atoms with Crippen molar-refractivity contribution < 1.29 is 4.74 Å². The number of rotatable bonds is 5. The van der Waals surface area contributed by atoms with E-state index >= 15 is 0 Å². The van der Waals surface area contributed by atoms with Gasteiger partial charge in [0.25, 0.3) is 0 Å². The third-order valence-electron chi connectivity index (χ3n) is 3.84. The van der Waals surface area contributed by atoms with Crippen LogP contribution in [0.15, 0.2) is 18.2 Å². The van der Waals surface area contributed by atoms with E-state index in [1.54, 1.807) is 7.11 Å². The van der Waals surface area contributed by atoms with Crippen molar-refractivity contribution in [3.63, 3.8) is 0 Å². The Balaban J connectivity index is 2.22. The fraction of sp³-hybridized carbons (Fsp3) is 0.600. The topological polar surface area (TPSA) is 21.3 Å². The molecule has 1 atom stereocenters. The minimum Gasteiger partial charge on any atom is -0.496 e. The van der Waals surface area contributed by atoms with E-state index in [1.807, 2.05) is 0 Å². The Morgan fingerprint density at radius 1 is 1.41 bits per heavy atom. The molecule has 1 saturated carbocycles. The lowest BCUT2D eigenvalue weighted by Crippen LogP contribution is -2.32. The molecule has 0 bridgehead atoms. The van der Waals surface area contributed by atoms with Crippen LogP contribution in [0.2, 0.25) is 0 Å². The third kappa shape index (κ3) is 2.63. The van der Waals surface area contributed by atoms with Crippen molar-refractivity contribution in [3.8, 4) is 5.75 Å². The molecule has 1 aromatic carbocycles. The number of hydrogen-bond acceptors (Lipinski definition) is 2. The molecule has 0 aliphatic heterocycles. The molecule has 1 unspecified atom stereocenters. The highest BCUT2D eigenvalue weighted by atomic mass is 16.5. The zero-order valence-corrected chi connectivity index (χ0v) is 11.1. The fourth-order valence-corrected chi connectivity index (χ4v) is 2.58. The molecule has 94 valence electrons. The van der Waals surface area contributed by atoms with Crippen LogP contribution >= 0.6 is 0 Å². The number of aryl methyl sites for hydroxylation is 1. The number of nitrogens with one attached hydrogen (secondary N) is 1. The second-order valence-electron chi connectivity index (χ2n) is 4.96. The zero-order chi connectivity index (χ0) is 12.3. The van der Waals surface area contributed by atoms with Gasteiger partial charge >= 0.3 is 0 Å². The van der Waals surface area contributed by atoms with E-state index in [0.717, 1.165) is 18.2 Å². The second kappa shape index (κ2) is 5.54. The second-order valence-corrected chi connectivity index (χ2v) is 4.96. The molecule has 2 heteroatoms. The van der Waals surface area contributed by atoms with E-state index < -0.39 is 0 Å². The molecule has 2 rings (SSSR count). The summed E-state index contributed by atoms with van der Waals surface area (Å²) in [6, 6.07) is 7.10. The molecular weight excluding hydrogens is 210 g/mol. The van der Waals surface area contributed by atoms with Crippen molar-refractivity contribution in [2.75, 3.05) is 13.7 Å². The highest BCUT2D eigenvalue weighted by molar-refractivity contribution is 5.38. The van der Waals surface area contributed by atoms with Gasteiger partial charge < -0.3 is 10.1 Å². The van der Waals surface area contributed by atoms with E-state index in [0.29, 0.717) is 6.04 Å². The summed E-state index contributed by atoms with van der Waals surface area (Å²) >= 11 is 0. The molecule has 2 nitrogen and oxygen atoms in total. The van der Waals surface area contributed by atoms with Crippen molar-refractivity contribution >= 4 is 0 Å². The van der Waals surface area contributed by atoms with Crippen molar-refractivity contribution in [3.05, 3.63) is 29.3 Å². The van der Waals surface area contributed by atoms with Gasteiger partial charge in [-0.1, -0.05) is 25.5 Å². The van der Waals surface area contributed by atoms with E-state index in [-0.39, 0.29) is 0 Å². The van der Waals surface area contributed by atoms with Gasteiger partial charge in [0, 0.05) is 6.04 Å². The fourth-order valence-electron chi connectivity index (χ4n) is 2.58. The summed E-state index contributed by atoms with van der Waals surface area (Å²) < 4.78 is 5.42. The molecule has 1 N–H and O–H groups in total. The first-order valence-corrected chi connectivity index (χ1v) is 6.64. The average Bonchev–Trinajstić information content (AvgIpc) is 2.27. The van der Waals surface area contributed by atoms with Gasteiger partial charge in [-0.3, -0.25) is 0 Å². The third-order valence-corrected chi connectivity index (χ3v) is 3.84. The largest absolute Gasteiger partial charge is 0.496 e. The molecule has 0 saturated heterocycles. The van der Waals surface area contributed by atoms with Gasteiger partial charge in [0.05, 0.1) is 7.11 Å². The predicted octanol–water partition coefficient (Wildman–Crippen LogP) is 3.45. The summed E-state index contributed by atoms with van der Waals surface area (Å²) in [7, 11) is 1.75. The van der Waals surface area contributed by atoms with Gasteiger partial charge in [-0.25, -0.2) is 0 Å². The summed E-state index contributed by atoms with van der Waals surface area (Å²) in [5.74, 6) is 1.81. The first-order valence-electron chi connectivity index (χ1n) is 6.64. The van der Waals surface area contributed by atoms with Crippen LogP contribution in [0.5, 0.6) is 5.75 Å². The maximum absolute atomic E-state index is 5.42. The number of ether oxygens (including phenoxy) is 1. The first-order chi connectivity index (χ1) is 8.26. The highest BCUT2D eigenvalue weighted by Crippen LogP contribution is 2.38. The van der Waals surface area contributed by atoms with Crippen molar-refractivity contribution in [2.24, 2.45) is 5.92 Å². The number of benzene rings is 1. The first kappa shape index (κ1) is 12.4. The lowest BCUT2D eigenvalue weighted by molar-refractivity contribution is 0.233. The highest BCUT2D eigenvalue weighted by Gasteiger charge is 2.28. The van der Waals surface area contributed by atoms with Crippen molar-refractivity contribution in [1.82, 2.24) is 5.32 Å². The van der Waals surface area contributed by atoms with E-state index in [4.69, 9.17) is 4.74 Å². The monoisotopic (exact) mass is 233 g/mol. The Kier molecular flexibility index (Phi) is 4.06. The van der Waals surface area contributed by atoms with Crippen LogP contribution in [-0.4, -0.2) is 13.7 Å². The molecular formula is C15H23NO. The van der Waals surface area contributed by atoms with Crippen LogP contribution in [-0.2, 0) is 0 Å². The van der Waals surface area contributed by atoms with E-state index in [2.05, 4.69) is 37.4 Å². The van der Waals surface area contributed by atoms with Gasteiger partial charge in [0.2, 0.25) is 0 Å². The summed E-state index contributed by atoms with van der Waals surface area (Å²) in [6.45, 7) is 5.29. The Morgan fingerprint density at radius 2 is 2.18 bits per heavy atom. The van der Waals surface area contributed by atoms with E-state index in [1.165, 1.54) is 30.4 Å². The van der Waals surface area contributed by atoms with E-state index in [9.17, 15) is 0 Å². The lowest BCUT2D eigenvalue weighted by Gasteiger charge is -2.34. The molecule has 1 aromatic rings. The average molecular weight is 233 g/mol. The maximum Gasteiger partial charge on any atom is 0.122 e. The molecule has 1 aliphatic rings. The molecule has 17 heavy (non-hydrogen) atoms. The minimum absolute atomic E-state index is 0.503. The summed E-state index contributed by atoms with van der Waals surface area (Å²) in [5, 5.41) is 3.62. The summed E-state index contributed by atoms with van der Waals surface area (Å²) in [6.07, 6.45) is 4.09. The molecule has 0 radical (unpaired) electrons. The molecule has 1 aliphatic carbocycles. The summed E-state index contributed by atoms with van der Waals surface area (Å²) in [5.41, 5.74) is 2.58. The molecule has 0 aromatic heterocycles. The minimum atomic E-state index is 0.503. The van der Waals surface area contributed by atoms with Crippen LogP contribution in [0.1, 0.15) is 43.4 Å². The van der Waals surface area contributed by atoms with Crippen LogP contribution in [0.3, 0.4) is 0 Å². The van der Waals surface area contributed by atoms with Crippen LogP contribution in [0.4, 0.5) is 0 Å². The van der Waals surface area contributed by atoms with Crippen molar-refractivity contribution in [2.45, 2.75) is 39.2 Å². The van der Waals surface area contributed by atoms with Crippen LogP contribution < -0.4 is 10.1 Å². The van der Waals surface area contributed by atoms with Gasteiger partial charge in [-0.05, 0) is 49.4 Å². The zero-order valence-electron chi connectivity index (χ0n) is 11.1. The standard InChI is InChI=1S/C15H23NO/c1-4-16-15(12-6-5-7-12)13-9-8-11(2)14(10-13)17-3/h8-10,12,15-16H,4-7H2,1-3H3. The number of hydrogen-bond donors (Lipinski definition) is 1. The molecule has 0 spiro atoms. The Labute approximate surface area is 104 Å². The lowest BCUT2D eigenvalue weighted by atomic mass is 9.77. The Morgan fingerprint density at radius 3 is 2.71 bits per heavy atom. The normalized spacial score (nSPS) is 17.6. The predicted molar refractivity (Wildman–Crippen MR) is 71.5 cm³/mol. The Hall–Kier alpha value is -1.02. The van der Waals surface area contributed by atoms with Crippen molar-refractivity contribution in [1.29, 1.82) is 0 Å². The number of methoxy groups -OCH3 is 1. The van der Waals surface area contributed by atoms with Gasteiger partial charge in [-0.15, -0.1) is 0 Å². The van der Waals surface area contributed by atoms with Gasteiger partial charge in [0.1, 0.15) is 5.75 Å². The quantitative estimate of drug-likeness (QED) is 0.841. The molecule has 0 heterocycles. The molecule has 1 fully saturated rings.